The third-order valence-electron chi connectivity index (χ3n) is 16.3. The van der Waals surface area contributed by atoms with Gasteiger partial charge in [-0.15, -0.1) is 5.06 Å². The molecule has 3 saturated heterocycles. The zero-order chi connectivity index (χ0) is 63.9. The Hall–Kier alpha value is -7.56. The molecule has 3 heterocycles. The maximum atomic E-state index is 14.5. The molecule has 0 radical (unpaired) electrons. The van der Waals surface area contributed by atoms with Crippen LogP contribution in [0.4, 0.5) is 4.79 Å². The summed E-state index contributed by atoms with van der Waals surface area (Å²) in [4.78, 5) is 122. The van der Waals surface area contributed by atoms with E-state index in [1.807, 2.05) is 61.2 Å². The van der Waals surface area contributed by atoms with E-state index in [1.165, 1.54) is 6.92 Å². The average molecular weight is 1210 g/mol. The summed E-state index contributed by atoms with van der Waals surface area (Å²) in [5.74, 6) is -3.31. The monoisotopic (exact) mass is 1210 g/mol. The SMILES string of the molecule is B=C(/C=C/CCC(C)C1OC1c1ccc(COC(=O)NCCNC(=O)[C@H](C)NC(=O)C(NC(=O)CCCC(=O)ON2C(=O)CCC2=O)C(C)C)cc1)N1[C@H](Cc2ccc(OC)c(CC)c2)C(=O)N[C@@H]1C(C)(C)C(=O)NC(CC(C)(C)C)C(O)=C1CCC1. The number of aliphatic hydroxyl groups is 1. The van der Waals surface area contributed by atoms with Gasteiger partial charge in [0.05, 0.1) is 0 Å². The normalized spacial score (nSPS) is 19.8. The van der Waals surface area contributed by atoms with Crippen molar-refractivity contribution in [3.8, 4) is 5.75 Å². The number of aliphatic hydroxyl groups excluding tert-OH is 1. The maximum absolute atomic E-state index is 14.5. The number of nitrogens with zero attached hydrogens (tertiary/aromatic N) is 2. The molecule has 22 nitrogen and oxygen atoms in total. The Morgan fingerprint density at radius 1 is 0.862 bits per heavy atom. The van der Waals surface area contributed by atoms with E-state index in [1.54, 1.807) is 21.0 Å². The van der Waals surface area contributed by atoms with Crippen LogP contribution < -0.4 is 36.6 Å². The van der Waals surface area contributed by atoms with Gasteiger partial charge < -0.3 is 30.8 Å². The zero-order valence-electron chi connectivity index (χ0n) is 52.6. The molecule has 0 spiro atoms. The van der Waals surface area contributed by atoms with Crippen molar-refractivity contribution < 1.29 is 67.3 Å². The van der Waals surface area contributed by atoms with E-state index in [0.717, 1.165) is 65.7 Å². The Morgan fingerprint density at radius 3 is 2.15 bits per heavy atom. The van der Waals surface area contributed by atoms with Gasteiger partial charge in [-0.3, -0.25) is 24.0 Å². The molecule has 6 rings (SSSR count). The molecule has 1 saturated carbocycles. The van der Waals surface area contributed by atoms with Crippen LogP contribution in [0.2, 0.25) is 0 Å². The number of imide groups is 1. The number of aryl methyl sites for hydroxylation is 1. The first-order chi connectivity index (χ1) is 41.1. The summed E-state index contributed by atoms with van der Waals surface area (Å²) in [6.07, 6.45) is 7.87. The molecule has 3 aliphatic heterocycles. The molecule has 8 atom stereocenters. The van der Waals surface area contributed by atoms with Crippen molar-refractivity contribution in [2.75, 3.05) is 20.2 Å². The van der Waals surface area contributed by atoms with E-state index in [9.17, 15) is 48.3 Å². The van der Waals surface area contributed by atoms with Gasteiger partial charge >= 0.3 is 325 Å². The van der Waals surface area contributed by atoms with E-state index in [0.29, 0.717) is 29.9 Å². The van der Waals surface area contributed by atoms with Crippen molar-refractivity contribution in [3.05, 3.63) is 88.2 Å². The molecule has 0 bridgehead atoms. The number of benzene rings is 2. The van der Waals surface area contributed by atoms with Gasteiger partial charge in [-0.05, 0) is 19.3 Å². The number of hydrogen-bond donors (Lipinski definition) is 7. The van der Waals surface area contributed by atoms with Crippen molar-refractivity contribution in [2.24, 2.45) is 22.7 Å². The van der Waals surface area contributed by atoms with Crippen LogP contribution in [-0.4, -0.2) is 138 Å². The van der Waals surface area contributed by atoms with Gasteiger partial charge in [0.2, 0.25) is 17.7 Å². The van der Waals surface area contributed by atoms with Crippen LogP contribution in [0.5, 0.6) is 5.75 Å². The summed E-state index contributed by atoms with van der Waals surface area (Å²) in [7, 11) is 6.12. The molecule has 2 aromatic rings. The Kier molecular flexibility index (Phi) is 24.3. The second-order valence-corrected chi connectivity index (χ2v) is 25.3. The van der Waals surface area contributed by atoms with Crippen molar-refractivity contribution >= 4 is 66.5 Å². The summed E-state index contributed by atoms with van der Waals surface area (Å²) < 4.78 is 17.2. The zero-order valence-corrected chi connectivity index (χ0v) is 52.6. The number of allylic oxidation sites excluding steroid dienone is 2. The number of epoxide rings is 1. The van der Waals surface area contributed by atoms with Crippen LogP contribution >= 0.6 is 0 Å². The molecule has 4 aliphatic rings. The molecular weight excluding hydrogens is 1120 g/mol. The molecule has 23 heteroatoms. The number of carbonyl (C=O) groups excluding carboxylic acids is 9. The van der Waals surface area contributed by atoms with Gasteiger partial charge in [-0.2, -0.15) is 0 Å². The molecule has 7 N–H and O–H groups in total. The van der Waals surface area contributed by atoms with E-state index < -0.39 is 77.3 Å². The van der Waals surface area contributed by atoms with Gasteiger partial charge in [0.15, 0.2) is 0 Å². The third-order valence-corrected chi connectivity index (χ3v) is 16.3. The number of carbonyl (C=O) groups is 9. The topological polar surface area (TPSA) is 293 Å². The predicted octanol–water partition coefficient (Wildman–Crippen LogP) is 5.78. The molecule has 1 aliphatic carbocycles. The van der Waals surface area contributed by atoms with Crippen LogP contribution in [0.15, 0.2) is 65.9 Å². The van der Waals surface area contributed by atoms with E-state index in [2.05, 4.69) is 86.1 Å². The fourth-order valence-electron chi connectivity index (χ4n) is 10.8. The fraction of sp³-hybridized carbons (Fsp3) is 0.594. The van der Waals surface area contributed by atoms with Gasteiger partial charge in [0.1, 0.15) is 18.7 Å². The first-order valence-corrected chi connectivity index (χ1v) is 30.5. The number of hydrogen-bond acceptors (Lipinski definition) is 15. The van der Waals surface area contributed by atoms with Crippen LogP contribution in [0, 0.1) is 22.7 Å². The molecule has 4 fully saturated rings. The molecule has 2 aromatic carbocycles. The van der Waals surface area contributed by atoms with Crippen LogP contribution in [0.25, 0.3) is 0 Å². The van der Waals surface area contributed by atoms with Crippen molar-refractivity contribution in [1.29, 1.82) is 0 Å². The van der Waals surface area contributed by atoms with E-state index in [4.69, 9.17) is 19.0 Å². The summed E-state index contributed by atoms with van der Waals surface area (Å²) in [6.45, 7) is 19.1. The summed E-state index contributed by atoms with van der Waals surface area (Å²) in [5.41, 5.74) is 3.98. The number of rotatable bonds is 31. The quantitative estimate of drug-likeness (QED) is 0.0155. The minimum atomic E-state index is -1.15. The number of methoxy groups -OCH3 is 1. The molecule has 87 heavy (non-hydrogen) atoms. The van der Waals surface area contributed by atoms with Gasteiger partial charge in [-0.25, -0.2) is 9.59 Å². The van der Waals surface area contributed by atoms with Gasteiger partial charge in [-0.1, -0.05) is 13.8 Å². The average Bonchev–Trinajstić information content (AvgIpc) is 1.71. The van der Waals surface area contributed by atoms with Crippen LogP contribution in [-0.2, 0) is 72.1 Å². The number of ether oxygens (including phenoxy) is 3. The molecule has 0 aromatic heterocycles. The van der Waals surface area contributed by atoms with Crippen molar-refractivity contribution in [1.82, 2.24) is 41.9 Å². The van der Waals surface area contributed by atoms with Crippen LogP contribution in [0.1, 0.15) is 168 Å². The first kappa shape index (κ1) is 68.6. The second-order valence-electron chi connectivity index (χ2n) is 25.3. The predicted molar refractivity (Wildman–Crippen MR) is 327 cm³/mol. The first-order valence-electron chi connectivity index (χ1n) is 30.5. The number of amides is 8. The van der Waals surface area contributed by atoms with Crippen molar-refractivity contribution in [3.63, 3.8) is 0 Å². The van der Waals surface area contributed by atoms with E-state index >= 15 is 0 Å². The Bertz CT molecular complexity index is 2900. The summed E-state index contributed by atoms with van der Waals surface area (Å²) >= 11 is 0. The molecular formula is C64H91BN8O14. The summed E-state index contributed by atoms with van der Waals surface area (Å²) in [6, 6.07) is 10.4. The molecule has 5 unspecified atom stereocenters. The number of nitrogens with one attached hydrogen (secondary N) is 6. The Morgan fingerprint density at radius 2 is 1.53 bits per heavy atom. The number of hydroxylamine groups is 2. The van der Waals surface area contributed by atoms with Gasteiger partial charge in [0, 0.05) is 38.8 Å². The number of alkyl carbamates (subject to hydrolysis) is 1. The van der Waals surface area contributed by atoms with Crippen molar-refractivity contribution in [2.45, 2.75) is 202 Å². The van der Waals surface area contributed by atoms with Crippen LogP contribution in [0.3, 0.4) is 0 Å². The summed E-state index contributed by atoms with van der Waals surface area (Å²) in [5, 5.41) is 28.6. The Labute approximate surface area is 512 Å². The second kappa shape index (κ2) is 30.9. The standard InChI is InChI=1S/C64H91BN8O14/c1-12-42-33-41(25-28-47(42)84-11)34-46-58(80)71-60(64(9,10)61(82)69-45(35-63(6,7)8)54(78)43-18-15-19-43)72(46)48(65)20-14-13-17-38(4)55-56(86-55)44-26-23-40(24-27-44)36-85-62(83)67-32-31-66-57(79)39(5)68-59(81)53(37(2)3)70-49(74)21-16-22-52(77)87-73-50(75)29-30-51(73)76/h14,20,23-28,33,37-39,45-46,53,55-56,60,65,78H,12-13,15-19,21-22,29-32,34-36H2,1-11H3,(H,66,79)(H,67,83)(H,68,81)(H,69,82)(H,70,74)(H,71,80)/b20-14+/t38?,39-,45?,46+,53?,55?,56?,60-/m0/s1. The van der Waals surface area contributed by atoms with Gasteiger partial charge in [0.25, 0.3) is 11.8 Å². The van der Waals surface area contributed by atoms with E-state index in [-0.39, 0.29) is 98.8 Å². The molecule has 474 valence electrons. The Balaban J connectivity index is 0.926. The third kappa shape index (κ3) is 19.2. The minimum absolute atomic E-state index is 0.000570. The fourth-order valence-corrected chi connectivity index (χ4v) is 10.8. The molecule has 8 amide bonds.